The molecule has 3 amide bonds. The van der Waals surface area contributed by atoms with E-state index in [-0.39, 0.29) is 12.2 Å². The van der Waals surface area contributed by atoms with Crippen LogP contribution in [0.2, 0.25) is 0 Å². The number of nitrogens with one attached hydrogen (secondary N) is 1. The number of ether oxygens (including phenoxy) is 1. The molecule has 0 saturated carbocycles. The molecular weight excluding hydrogens is 416 g/mol. The van der Waals surface area contributed by atoms with Crippen LogP contribution in [0.25, 0.3) is 6.08 Å². The minimum atomic E-state index is -1.31. The van der Waals surface area contributed by atoms with Crippen LogP contribution in [-0.4, -0.2) is 29.4 Å². The lowest BCUT2D eigenvalue weighted by Gasteiger charge is -2.11. The predicted molar refractivity (Wildman–Crippen MR) is 98.1 cm³/mol. The number of imide groups is 1. The first-order chi connectivity index (χ1) is 12.9. The summed E-state index contributed by atoms with van der Waals surface area (Å²) in [5.41, 5.74) is 1.66. The molecule has 0 unspecified atom stereocenters. The maximum Gasteiger partial charge on any atom is 0.329 e. The van der Waals surface area contributed by atoms with Gasteiger partial charge in [0.1, 0.15) is 18.1 Å². The number of carbonyl (C=O) groups is 3. The van der Waals surface area contributed by atoms with Crippen molar-refractivity contribution in [3.8, 4) is 5.75 Å². The molecule has 7 nitrogen and oxygen atoms in total. The van der Waals surface area contributed by atoms with E-state index in [1.165, 1.54) is 0 Å². The van der Waals surface area contributed by atoms with Gasteiger partial charge in [0.15, 0.2) is 0 Å². The Kier molecular flexibility index (Phi) is 5.56. The summed E-state index contributed by atoms with van der Waals surface area (Å²) in [4.78, 5) is 36.1. The Balaban J connectivity index is 1.70. The Morgan fingerprint density at radius 2 is 1.78 bits per heavy atom. The fourth-order valence-corrected chi connectivity index (χ4v) is 2.72. The van der Waals surface area contributed by atoms with Gasteiger partial charge in [-0.15, -0.1) is 0 Å². The summed E-state index contributed by atoms with van der Waals surface area (Å²) in [6, 6.07) is 13.3. The summed E-state index contributed by atoms with van der Waals surface area (Å²) >= 11 is 3.34. The maximum atomic E-state index is 12.5. The van der Waals surface area contributed by atoms with Gasteiger partial charge in [-0.3, -0.25) is 9.69 Å². The Hall–Kier alpha value is -3.13. The van der Waals surface area contributed by atoms with Crippen LogP contribution in [0.3, 0.4) is 0 Å². The summed E-state index contributed by atoms with van der Waals surface area (Å²) in [6.07, 6.45) is 1.55. The van der Waals surface area contributed by atoms with Gasteiger partial charge in [-0.2, -0.15) is 0 Å². The highest BCUT2D eigenvalue weighted by Crippen LogP contribution is 2.19. The normalized spacial score (nSPS) is 15.1. The van der Waals surface area contributed by atoms with Crippen molar-refractivity contribution in [3.05, 3.63) is 69.8 Å². The number of amides is 3. The van der Waals surface area contributed by atoms with Gasteiger partial charge in [-0.05, 0) is 41.5 Å². The Labute approximate surface area is 163 Å². The van der Waals surface area contributed by atoms with E-state index in [0.29, 0.717) is 11.3 Å². The molecule has 8 heteroatoms. The van der Waals surface area contributed by atoms with Crippen molar-refractivity contribution in [2.45, 2.75) is 6.54 Å². The molecule has 1 fully saturated rings. The number of carbonyl (C=O) groups excluding carboxylic acids is 3. The average molecular weight is 430 g/mol. The molecule has 1 saturated heterocycles. The predicted octanol–water partition coefficient (Wildman–Crippen LogP) is 1.67. The van der Waals surface area contributed by atoms with Crippen LogP contribution < -0.4 is 15.2 Å². The van der Waals surface area contributed by atoms with E-state index in [9.17, 15) is 19.5 Å². The molecule has 1 aliphatic heterocycles. The third-order valence-electron chi connectivity index (χ3n) is 3.76. The van der Waals surface area contributed by atoms with Gasteiger partial charge < -0.3 is 20.0 Å². The number of carboxylic acids is 1. The molecule has 0 bridgehead atoms. The molecule has 1 aliphatic rings. The summed E-state index contributed by atoms with van der Waals surface area (Å²) < 4.78 is 5.90. The number of aliphatic carboxylic acids is 1. The smallest absolute Gasteiger partial charge is 0.329 e. The average Bonchev–Trinajstić information content (AvgIpc) is 2.90. The van der Waals surface area contributed by atoms with Gasteiger partial charge in [0.05, 0.1) is 12.5 Å². The molecule has 1 N–H and O–H groups in total. The standard InChI is InChI=1S/C19H15BrN2O5/c20-14-5-1-13(2-6-14)10-22-18(25)16(21-19(22)26)9-12-3-7-15(8-4-12)27-11-17(23)24/h1-9H,10-11H2,(H,21,26)(H,23,24)/p-1/b16-9+. The quantitative estimate of drug-likeness (QED) is 0.556. The molecule has 2 aromatic rings. The Morgan fingerprint density at radius 3 is 2.41 bits per heavy atom. The molecule has 27 heavy (non-hydrogen) atoms. The molecule has 0 aliphatic carbocycles. The van der Waals surface area contributed by atoms with E-state index in [1.54, 1.807) is 30.3 Å². The zero-order chi connectivity index (χ0) is 19.4. The first-order valence-corrected chi connectivity index (χ1v) is 8.73. The number of nitrogens with zero attached hydrogens (tertiary/aromatic N) is 1. The van der Waals surface area contributed by atoms with Crippen LogP contribution in [0.5, 0.6) is 5.75 Å². The van der Waals surface area contributed by atoms with Crippen LogP contribution in [0.1, 0.15) is 11.1 Å². The van der Waals surface area contributed by atoms with Gasteiger partial charge in [0.2, 0.25) is 0 Å². The molecule has 3 rings (SSSR count). The fourth-order valence-electron chi connectivity index (χ4n) is 2.46. The zero-order valence-corrected chi connectivity index (χ0v) is 15.6. The van der Waals surface area contributed by atoms with Crippen LogP contribution in [0, 0.1) is 0 Å². The van der Waals surface area contributed by atoms with Crippen LogP contribution in [-0.2, 0) is 16.1 Å². The highest BCUT2D eigenvalue weighted by Gasteiger charge is 2.33. The number of carboxylic acid groups (broad SMARTS) is 1. The summed E-state index contributed by atoms with van der Waals surface area (Å²) in [6.45, 7) is -0.370. The maximum absolute atomic E-state index is 12.5. The van der Waals surface area contributed by atoms with Crippen molar-refractivity contribution in [3.63, 3.8) is 0 Å². The second kappa shape index (κ2) is 8.05. The summed E-state index contributed by atoms with van der Waals surface area (Å²) in [5.74, 6) is -1.37. The minimum Gasteiger partial charge on any atom is -0.546 e. The van der Waals surface area contributed by atoms with Gasteiger partial charge in [-0.25, -0.2) is 4.79 Å². The number of rotatable bonds is 6. The second-order valence-corrected chi connectivity index (χ2v) is 6.65. The van der Waals surface area contributed by atoms with E-state index in [1.807, 2.05) is 24.3 Å². The van der Waals surface area contributed by atoms with Gasteiger partial charge in [-0.1, -0.05) is 40.2 Å². The van der Waals surface area contributed by atoms with Crippen molar-refractivity contribution in [1.82, 2.24) is 10.2 Å². The third kappa shape index (κ3) is 4.73. The van der Waals surface area contributed by atoms with E-state index < -0.39 is 24.5 Å². The lowest BCUT2D eigenvalue weighted by Crippen LogP contribution is -2.30. The molecule has 2 aromatic carbocycles. The SMILES string of the molecule is O=C([O-])COc1ccc(/C=C2/NC(=O)N(Cc3ccc(Br)cc3)C2=O)cc1. The molecule has 0 radical (unpaired) electrons. The van der Waals surface area contributed by atoms with Gasteiger partial charge in [0.25, 0.3) is 5.91 Å². The molecule has 0 spiro atoms. The van der Waals surface area contributed by atoms with Crippen molar-refractivity contribution < 1.29 is 24.2 Å². The van der Waals surface area contributed by atoms with Crippen molar-refractivity contribution in [2.75, 3.05) is 6.61 Å². The number of hydrogen-bond acceptors (Lipinski definition) is 5. The Bertz CT molecular complexity index is 907. The monoisotopic (exact) mass is 429 g/mol. The number of benzene rings is 2. The molecule has 0 aromatic heterocycles. The molecule has 0 atom stereocenters. The first kappa shape index (κ1) is 18.7. The summed E-state index contributed by atoms with van der Waals surface area (Å²) in [7, 11) is 0. The fraction of sp³-hybridized carbons (Fsp3) is 0.105. The molecule has 138 valence electrons. The number of halogens is 1. The lowest BCUT2D eigenvalue weighted by atomic mass is 10.1. The van der Waals surface area contributed by atoms with Crippen LogP contribution in [0.15, 0.2) is 58.7 Å². The van der Waals surface area contributed by atoms with Crippen molar-refractivity contribution >= 4 is 39.9 Å². The van der Waals surface area contributed by atoms with E-state index in [2.05, 4.69) is 21.2 Å². The second-order valence-electron chi connectivity index (χ2n) is 5.74. The minimum absolute atomic E-state index is 0.167. The highest BCUT2D eigenvalue weighted by molar-refractivity contribution is 9.10. The van der Waals surface area contributed by atoms with Crippen molar-refractivity contribution in [1.29, 1.82) is 0 Å². The van der Waals surface area contributed by atoms with Gasteiger partial charge in [0, 0.05) is 4.47 Å². The lowest BCUT2D eigenvalue weighted by molar-refractivity contribution is -0.307. The van der Waals surface area contributed by atoms with Gasteiger partial charge >= 0.3 is 6.03 Å². The van der Waals surface area contributed by atoms with Crippen LogP contribution >= 0.6 is 15.9 Å². The molecular formula is C19H14BrN2O5-. The highest BCUT2D eigenvalue weighted by atomic mass is 79.9. The van der Waals surface area contributed by atoms with E-state index in [0.717, 1.165) is 14.9 Å². The largest absolute Gasteiger partial charge is 0.546 e. The first-order valence-electron chi connectivity index (χ1n) is 7.94. The number of hydrogen-bond donors (Lipinski definition) is 1. The van der Waals surface area contributed by atoms with Crippen molar-refractivity contribution in [2.24, 2.45) is 0 Å². The zero-order valence-electron chi connectivity index (χ0n) is 14.0. The number of urea groups is 1. The molecule has 1 heterocycles. The third-order valence-corrected chi connectivity index (χ3v) is 4.29. The van der Waals surface area contributed by atoms with E-state index in [4.69, 9.17) is 4.74 Å². The Morgan fingerprint density at radius 1 is 1.11 bits per heavy atom. The summed E-state index contributed by atoms with van der Waals surface area (Å²) in [5, 5.41) is 12.9. The van der Waals surface area contributed by atoms with E-state index >= 15 is 0 Å². The topological polar surface area (TPSA) is 98.8 Å². The van der Waals surface area contributed by atoms with Crippen LogP contribution in [0.4, 0.5) is 4.79 Å².